The number of amides is 1. The topological polar surface area (TPSA) is 72.5 Å². The minimum absolute atomic E-state index is 0.0135. The zero-order valence-electron chi connectivity index (χ0n) is 13.9. The lowest BCUT2D eigenvalue weighted by Crippen LogP contribution is -2.50. The fourth-order valence-corrected chi connectivity index (χ4v) is 3.30. The van der Waals surface area contributed by atoms with Crippen LogP contribution in [0, 0.1) is 11.3 Å². The quantitative estimate of drug-likeness (QED) is 0.919. The Balaban J connectivity index is 1.79. The fraction of sp³-hybridized carbons (Fsp3) is 0.444. The molecule has 0 saturated carbocycles. The van der Waals surface area contributed by atoms with Gasteiger partial charge in [0.15, 0.2) is 0 Å². The van der Waals surface area contributed by atoms with Crippen LogP contribution >= 0.6 is 0 Å². The molecule has 126 valence electrons. The van der Waals surface area contributed by atoms with Crippen molar-refractivity contribution < 1.29 is 9.90 Å². The van der Waals surface area contributed by atoms with Crippen molar-refractivity contribution >= 4 is 16.8 Å². The number of aliphatic hydroxyl groups is 1. The first kappa shape index (κ1) is 16.5. The number of para-hydroxylation sites is 1. The maximum atomic E-state index is 12.9. The average molecular weight is 326 g/mol. The molecule has 0 radical (unpaired) electrons. The molecule has 1 aromatic carbocycles. The highest BCUT2D eigenvalue weighted by atomic mass is 16.3. The van der Waals surface area contributed by atoms with Crippen LogP contribution in [0.2, 0.25) is 0 Å². The normalized spacial score (nSPS) is 17.0. The highest BCUT2D eigenvalue weighted by molar-refractivity contribution is 6.07. The Morgan fingerprint density at radius 2 is 2.00 bits per heavy atom. The molecular weight excluding hydrogens is 304 g/mol. The van der Waals surface area contributed by atoms with Crippen molar-refractivity contribution in [1.82, 2.24) is 14.4 Å². The summed E-state index contributed by atoms with van der Waals surface area (Å²) in [6.45, 7) is 5.51. The van der Waals surface area contributed by atoms with Crippen molar-refractivity contribution in [3.8, 4) is 6.07 Å². The number of β-amino-alcohol motifs (C(OH)–C–C–N with tert-alkyl or cyclic N) is 1. The summed E-state index contributed by atoms with van der Waals surface area (Å²) in [5.41, 5.74) is 1.57. The van der Waals surface area contributed by atoms with Crippen LogP contribution in [0.1, 0.15) is 17.3 Å². The summed E-state index contributed by atoms with van der Waals surface area (Å²) < 4.78 is 1.83. The van der Waals surface area contributed by atoms with Gasteiger partial charge in [-0.2, -0.15) is 5.26 Å². The summed E-state index contributed by atoms with van der Waals surface area (Å²) in [5.74, 6) is 0.0135. The lowest BCUT2D eigenvalue weighted by atomic mass is 10.1. The molecule has 1 amide bonds. The molecule has 0 spiro atoms. The number of hydrogen-bond acceptors (Lipinski definition) is 4. The molecule has 1 atom stereocenters. The number of carbonyl (C=O) groups excluding carboxylic acids is 1. The summed E-state index contributed by atoms with van der Waals surface area (Å²) in [5, 5.41) is 19.4. The number of aliphatic hydroxyl groups excluding tert-OH is 1. The lowest BCUT2D eigenvalue weighted by Gasteiger charge is -2.35. The van der Waals surface area contributed by atoms with Gasteiger partial charge in [-0.05, 0) is 13.0 Å². The lowest BCUT2D eigenvalue weighted by molar-refractivity contribution is 0.0555. The second-order valence-corrected chi connectivity index (χ2v) is 6.29. The SMILES string of the molecule is CC(O)CN1CCN(C(=O)c2cn(CC#N)c3ccccc23)CC1. The smallest absolute Gasteiger partial charge is 0.256 e. The predicted molar refractivity (Wildman–Crippen MR) is 91.6 cm³/mol. The summed E-state index contributed by atoms with van der Waals surface area (Å²) >= 11 is 0. The molecule has 1 N–H and O–H groups in total. The Morgan fingerprint density at radius 1 is 1.29 bits per heavy atom. The predicted octanol–water partition coefficient (Wildman–Crippen LogP) is 1.30. The zero-order valence-corrected chi connectivity index (χ0v) is 13.9. The maximum Gasteiger partial charge on any atom is 0.256 e. The van der Waals surface area contributed by atoms with E-state index < -0.39 is 0 Å². The van der Waals surface area contributed by atoms with Gasteiger partial charge in [-0.1, -0.05) is 18.2 Å². The molecule has 1 aliphatic heterocycles. The first-order valence-electron chi connectivity index (χ1n) is 8.24. The van der Waals surface area contributed by atoms with Gasteiger partial charge < -0.3 is 14.6 Å². The molecular formula is C18H22N4O2. The van der Waals surface area contributed by atoms with E-state index in [-0.39, 0.29) is 18.6 Å². The first-order valence-corrected chi connectivity index (χ1v) is 8.24. The van der Waals surface area contributed by atoms with E-state index in [0.29, 0.717) is 25.2 Å². The summed E-state index contributed by atoms with van der Waals surface area (Å²) in [6.07, 6.45) is 1.44. The Labute approximate surface area is 141 Å². The molecule has 1 aromatic heterocycles. The number of benzene rings is 1. The molecule has 24 heavy (non-hydrogen) atoms. The average Bonchev–Trinajstić information content (AvgIpc) is 2.94. The molecule has 1 saturated heterocycles. The van der Waals surface area contributed by atoms with Crippen LogP contribution in [0.15, 0.2) is 30.5 Å². The summed E-state index contributed by atoms with van der Waals surface area (Å²) in [7, 11) is 0. The fourth-order valence-electron chi connectivity index (χ4n) is 3.30. The van der Waals surface area contributed by atoms with E-state index in [9.17, 15) is 9.90 Å². The third kappa shape index (κ3) is 3.28. The third-order valence-electron chi connectivity index (χ3n) is 4.44. The number of fused-ring (bicyclic) bond motifs is 1. The van der Waals surface area contributed by atoms with E-state index in [1.807, 2.05) is 33.7 Å². The van der Waals surface area contributed by atoms with Crippen molar-refractivity contribution in [3.05, 3.63) is 36.0 Å². The molecule has 0 bridgehead atoms. The van der Waals surface area contributed by atoms with Crippen LogP contribution in [0.4, 0.5) is 0 Å². The zero-order chi connectivity index (χ0) is 17.1. The Kier molecular flexibility index (Phi) is 4.84. The molecule has 1 aliphatic rings. The van der Waals surface area contributed by atoms with Crippen molar-refractivity contribution in [3.63, 3.8) is 0 Å². The van der Waals surface area contributed by atoms with Crippen molar-refractivity contribution in [2.45, 2.75) is 19.6 Å². The van der Waals surface area contributed by atoms with E-state index in [1.165, 1.54) is 0 Å². The Hall–Kier alpha value is -2.36. The number of aromatic nitrogens is 1. The summed E-state index contributed by atoms with van der Waals surface area (Å²) in [6, 6.07) is 9.83. The third-order valence-corrected chi connectivity index (χ3v) is 4.44. The van der Waals surface area contributed by atoms with Crippen LogP contribution < -0.4 is 0 Å². The number of carbonyl (C=O) groups is 1. The number of hydrogen-bond donors (Lipinski definition) is 1. The molecule has 3 rings (SSSR count). The van der Waals surface area contributed by atoms with Crippen LogP contribution in [0.3, 0.4) is 0 Å². The minimum Gasteiger partial charge on any atom is -0.392 e. The van der Waals surface area contributed by atoms with Crippen LogP contribution in [-0.4, -0.2) is 64.2 Å². The number of nitrogens with zero attached hydrogens (tertiary/aromatic N) is 4. The largest absolute Gasteiger partial charge is 0.392 e. The molecule has 1 unspecified atom stereocenters. The van der Waals surface area contributed by atoms with Gasteiger partial charge in [-0.25, -0.2) is 0 Å². The number of rotatable bonds is 4. The molecule has 6 heteroatoms. The van der Waals surface area contributed by atoms with Crippen molar-refractivity contribution in [1.29, 1.82) is 5.26 Å². The highest BCUT2D eigenvalue weighted by Gasteiger charge is 2.25. The molecule has 2 heterocycles. The van der Waals surface area contributed by atoms with Gasteiger partial charge in [0, 0.05) is 49.8 Å². The minimum atomic E-state index is -0.351. The van der Waals surface area contributed by atoms with Gasteiger partial charge in [0.25, 0.3) is 5.91 Å². The van der Waals surface area contributed by atoms with E-state index in [1.54, 1.807) is 13.1 Å². The molecule has 0 aliphatic carbocycles. The first-order chi connectivity index (χ1) is 11.6. The van der Waals surface area contributed by atoms with Gasteiger partial charge in [0.05, 0.1) is 17.7 Å². The highest BCUT2D eigenvalue weighted by Crippen LogP contribution is 2.23. The molecule has 1 fully saturated rings. The second kappa shape index (κ2) is 7.04. The van der Waals surface area contributed by atoms with Crippen molar-refractivity contribution in [2.24, 2.45) is 0 Å². The van der Waals surface area contributed by atoms with Crippen LogP contribution in [0.25, 0.3) is 10.9 Å². The molecule has 6 nitrogen and oxygen atoms in total. The molecule has 2 aromatic rings. The van der Waals surface area contributed by atoms with Crippen molar-refractivity contribution in [2.75, 3.05) is 32.7 Å². The number of piperazine rings is 1. The van der Waals surface area contributed by atoms with Gasteiger partial charge in [-0.3, -0.25) is 9.69 Å². The van der Waals surface area contributed by atoms with Crippen LogP contribution in [0.5, 0.6) is 0 Å². The monoisotopic (exact) mass is 326 g/mol. The van der Waals surface area contributed by atoms with Gasteiger partial charge in [-0.15, -0.1) is 0 Å². The van der Waals surface area contributed by atoms with E-state index >= 15 is 0 Å². The van der Waals surface area contributed by atoms with Gasteiger partial charge in [0.2, 0.25) is 0 Å². The maximum absolute atomic E-state index is 12.9. The Bertz CT molecular complexity index is 767. The van der Waals surface area contributed by atoms with Crippen LogP contribution in [-0.2, 0) is 6.54 Å². The summed E-state index contributed by atoms with van der Waals surface area (Å²) in [4.78, 5) is 17.0. The van der Waals surface area contributed by atoms with Gasteiger partial charge >= 0.3 is 0 Å². The number of nitriles is 1. The van der Waals surface area contributed by atoms with E-state index in [0.717, 1.165) is 24.0 Å². The Morgan fingerprint density at radius 3 is 2.67 bits per heavy atom. The van der Waals surface area contributed by atoms with E-state index in [4.69, 9.17) is 5.26 Å². The second-order valence-electron chi connectivity index (χ2n) is 6.29. The van der Waals surface area contributed by atoms with Gasteiger partial charge in [0.1, 0.15) is 6.54 Å². The van der Waals surface area contributed by atoms with E-state index in [2.05, 4.69) is 11.0 Å². The standard InChI is InChI=1S/C18H22N4O2/c1-14(23)12-20-8-10-21(11-9-20)18(24)16-13-22(7-6-19)17-5-3-2-4-15(16)17/h2-5,13-14,23H,7-12H2,1H3.